The molecule has 0 saturated heterocycles. The molecule has 0 fully saturated rings. The van der Waals surface area contributed by atoms with Gasteiger partial charge in [0, 0.05) is 26.7 Å². The fourth-order valence-corrected chi connectivity index (χ4v) is 1.25. The number of hydrogen-bond donors (Lipinski definition) is 0. The van der Waals surface area contributed by atoms with Crippen molar-refractivity contribution in [3.05, 3.63) is 45.5 Å². The lowest BCUT2D eigenvalue weighted by Gasteiger charge is -2.03. The summed E-state index contributed by atoms with van der Waals surface area (Å²) in [5.74, 6) is -0.609. The van der Waals surface area contributed by atoms with Gasteiger partial charge in [0.05, 0.1) is 5.57 Å². The number of fused-ring (bicyclic) bond motifs is 1. The van der Waals surface area contributed by atoms with Gasteiger partial charge in [-0.1, -0.05) is 0 Å². The second kappa shape index (κ2) is 2.55. The lowest BCUT2D eigenvalue weighted by molar-refractivity contribution is -0.470. The first-order valence-electron chi connectivity index (χ1n) is 3.73. The summed E-state index contributed by atoms with van der Waals surface area (Å²) in [5, 5.41) is 0. The van der Waals surface area contributed by atoms with Gasteiger partial charge in [-0.2, -0.15) is 0 Å². The zero-order valence-electron chi connectivity index (χ0n) is 6.64. The van der Waals surface area contributed by atoms with Crippen LogP contribution in [0.2, 0.25) is 0 Å². The summed E-state index contributed by atoms with van der Waals surface area (Å²) in [6.45, 7) is 0.117. The van der Waals surface area contributed by atoms with Crippen LogP contribution in [0.4, 0.5) is 0 Å². The summed E-state index contributed by atoms with van der Waals surface area (Å²) in [7, 11) is 0. The van der Waals surface area contributed by atoms with Crippen molar-refractivity contribution in [2.24, 2.45) is 0 Å². The van der Waals surface area contributed by atoms with Crippen molar-refractivity contribution in [2.75, 3.05) is 6.54 Å². The highest BCUT2D eigenvalue weighted by Crippen LogP contribution is 2.20. The molecule has 5 nitrogen and oxygen atoms in total. The summed E-state index contributed by atoms with van der Waals surface area (Å²) < 4.78 is 0.959. The van der Waals surface area contributed by atoms with Gasteiger partial charge >= 0.3 is 5.91 Å². The van der Waals surface area contributed by atoms with Crippen LogP contribution in [0.25, 0.3) is 0 Å². The molecule has 0 aromatic carbocycles. The Morgan fingerprint density at radius 1 is 1.31 bits per heavy atom. The highest BCUT2D eigenvalue weighted by Gasteiger charge is 2.35. The minimum atomic E-state index is -0.609. The van der Waals surface area contributed by atoms with E-state index in [1.54, 1.807) is 0 Å². The number of nitrogens with zero attached hydrogens (tertiary/aromatic N) is 2. The maximum absolute atomic E-state index is 11.2. The Morgan fingerprint density at radius 2 is 2.08 bits per heavy atom. The molecule has 0 saturated carbocycles. The lowest BCUT2D eigenvalue weighted by Crippen LogP contribution is -2.23. The average molecular weight is 178 g/mol. The minimum absolute atomic E-state index is 0.117. The number of amides is 1. The second-order valence-electron chi connectivity index (χ2n) is 2.75. The number of allylic oxidation sites excluding steroid dienone is 1. The molecule has 0 aromatic rings. The van der Waals surface area contributed by atoms with Crippen molar-refractivity contribution in [1.29, 1.82) is 0 Å². The van der Waals surface area contributed by atoms with Crippen LogP contribution in [0.5, 0.6) is 0 Å². The SMILES string of the molecule is O=C1C2=CC[N+](=O)C=C2C=C[N+]1=O. The molecule has 0 bridgehead atoms. The van der Waals surface area contributed by atoms with Gasteiger partial charge in [-0.15, -0.1) is 0 Å². The van der Waals surface area contributed by atoms with Crippen LogP contribution >= 0.6 is 0 Å². The van der Waals surface area contributed by atoms with Crippen molar-refractivity contribution in [2.45, 2.75) is 0 Å². The Balaban J connectivity index is 2.53. The van der Waals surface area contributed by atoms with E-state index in [9.17, 15) is 14.6 Å². The predicted molar refractivity (Wildman–Crippen MR) is 42.4 cm³/mol. The van der Waals surface area contributed by atoms with Crippen LogP contribution in [0, 0.1) is 9.81 Å². The van der Waals surface area contributed by atoms with Crippen LogP contribution < -0.4 is 0 Å². The van der Waals surface area contributed by atoms with Crippen molar-refractivity contribution < 1.29 is 14.3 Å². The number of nitroso groups, excluding NO2 is 2. The third-order valence-electron chi connectivity index (χ3n) is 1.89. The van der Waals surface area contributed by atoms with Gasteiger partial charge in [0.1, 0.15) is 10.3 Å². The van der Waals surface area contributed by atoms with Crippen LogP contribution in [-0.2, 0) is 4.79 Å². The van der Waals surface area contributed by atoms with Crippen molar-refractivity contribution in [1.82, 2.24) is 0 Å². The zero-order chi connectivity index (χ0) is 9.42. The fraction of sp³-hybridized carbons (Fsp3) is 0.125. The Kier molecular flexibility index (Phi) is 1.51. The number of carbonyl (C=O) groups is 1. The summed E-state index contributed by atoms with van der Waals surface area (Å²) in [4.78, 5) is 32.9. The van der Waals surface area contributed by atoms with Crippen LogP contribution in [0.15, 0.2) is 35.7 Å². The second-order valence-corrected chi connectivity index (χ2v) is 2.75. The Bertz CT molecular complexity index is 415. The standard InChI is InChI=1S/C8H6N2O3/c11-8-7-2-3-9(12)5-6(7)1-4-10(8)13/h1-2,4-5H,3H2/q+2. The molecule has 0 aromatic heterocycles. The van der Waals surface area contributed by atoms with Gasteiger partial charge in [0.15, 0.2) is 0 Å². The molecule has 0 aliphatic carbocycles. The predicted octanol–water partition coefficient (Wildman–Crippen LogP) is 0.422. The van der Waals surface area contributed by atoms with Gasteiger partial charge in [0.2, 0.25) is 18.9 Å². The van der Waals surface area contributed by atoms with Crippen molar-refractivity contribution >= 4 is 5.91 Å². The van der Waals surface area contributed by atoms with E-state index >= 15 is 0 Å². The van der Waals surface area contributed by atoms with Crippen molar-refractivity contribution in [3.8, 4) is 0 Å². The van der Waals surface area contributed by atoms with E-state index in [4.69, 9.17) is 0 Å². The van der Waals surface area contributed by atoms with E-state index < -0.39 is 5.91 Å². The van der Waals surface area contributed by atoms with Gasteiger partial charge < -0.3 is 0 Å². The number of carbonyl (C=O) groups excluding carboxylic acids is 1. The summed E-state index contributed by atoms with van der Waals surface area (Å²) in [5.41, 5.74) is 0.808. The molecule has 0 unspecified atom stereocenters. The summed E-state index contributed by atoms with van der Waals surface area (Å²) in [6, 6.07) is 0. The first-order valence-corrected chi connectivity index (χ1v) is 3.73. The molecule has 0 spiro atoms. The number of rotatable bonds is 0. The molecule has 2 aliphatic rings. The van der Waals surface area contributed by atoms with Gasteiger partial charge in [0.25, 0.3) is 0 Å². The minimum Gasteiger partial charge on any atom is -0.209 e. The first-order chi connectivity index (χ1) is 6.18. The van der Waals surface area contributed by atoms with Gasteiger partial charge in [-0.3, -0.25) is 0 Å². The molecule has 2 aliphatic heterocycles. The monoisotopic (exact) mass is 178 g/mol. The molecule has 5 heteroatoms. The zero-order valence-corrected chi connectivity index (χ0v) is 6.64. The van der Waals surface area contributed by atoms with Gasteiger partial charge in [-0.05, 0) is 0 Å². The molecule has 1 amide bonds. The Morgan fingerprint density at radius 3 is 2.85 bits per heavy atom. The Hall–Kier alpha value is -1.91. The molecule has 64 valence electrons. The normalized spacial score (nSPS) is 21.1. The van der Waals surface area contributed by atoms with Crippen molar-refractivity contribution in [3.63, 3.8) is 0 Å². The van der Waals surface area contributed by atoms with Crippen LogP contribution in [-0.4, -0.2) is 22.0 Å². The largest absolute Gasteiger partial charge is 0.471 e. The van der Waals surface area contributed by atoms with E-state index in [-0.39, 0.29) is 11.3 Å². The maximum atomic E-state index is 11.2. The Labute approximate surface area is 73.2 Å². The summed E-state index contributed by atoms with van der Waals surface area (Å²) in [6.07, 6.45) is 5.31. The van der Waals surface area contributed by atoms with E-state index in [1.165, 1.54) is 18.4 Å². The quantitative estimate of drug-likeness (QED) is 0.505. The highest BCUT2D eigenvalue weighted by molar-refractivity contribution is 5.94. The van der Waals surface area contributed by atoms with Gasteiger partial charge in [-0.25, -0.2) is 4.79 Å². The molecular formula is C8H6N2O3+2. The number of hydrogen-bond acceptors (Lipinski definition) is 3. The molecule has 0 N–H and O–H groups in total. The molecule has 2 rings (SSSR count). The lowest BCUT2D eigenvalue weighted by atomic mass is 10.0. The third-order valence-corrected chi connectivity index (χ3v) is 1.89. The molecular weight excluding hydrogens is 172 g/mol. The van der Waals surface area contributed by atoms with E-state index in [0.29, 0.717) is 15.9 Å². The molecule has 0 radical (unpaired) electrons. The molecule has 2 heterocycles. The third kappa shape index (κ3) is 1.14. The fourth-order valence-electron chi connectivity index (χ4n) is 1.25. The maximum Gasteiger partial charge on any atom is 0.471 e. The highest BCUT2D eigenvalue weighted by atomic mass is 16.3. The average Bonchev–Trinajstić information content (AvgIpc) is 2.12. The van der Waals surface area contributed by atoms with E-state index in [2.05, 4.69) is 0 Å². The van der Waals surface area contributed by atoms with E-state index in [1.807, 2.05) is 0 Å². The molecule has 0 atom stereocenters. The first kappa shape index (κ1) is 7.72. The smallest absolute Gasteiger partial charge is 0.209 e. The van der Waals surface area contributed by atoms with E-state index in [0.717, 1.165) is 6.20 Å². The van der Waals surface area contributed by atoms with Crippen LogP contribution in [0.3, 0.4) is 0 Å². The molecule has 13 heavy (non-hydrogen) atoms. The summed E-state index contributed by atoms with van der Waals surface area (Å²) >= 11 is 0. The van der Waals surface area contributed by atoms with Crippen LogP contribution in [0.1, 0.15) is 0 Å². The topological polar surface area (TPSA) is 57.2 Å².